The molecule has 1 N–H and O–H groups in total. The minimum Gasteiger partial charge on any atom is -0.317 e. The van der Waals surface area contributed by atoms with Crippen molar-refractivity contribution in [2.24, 2.45) is 4.99 Å². The first-order valence-electron chi connectivity index (χ1n) is 4.06. The molecular formula is C9H12N4O. The molecule has 5 heteroatoms. The zero-order chi connectivity index (χ0) is 10.6. The van der Waals surface area contributed by atoms with Crippen LogP contribution in [0.5, 0.6) is 0 Å². The molecule has 1 heterocycles. The Morgan fingerprint density at radius 1 is 1.79 bits per heavy atom. The smallest absolute Gasteiger partial charge is 0.213 e. The number of H-pyrrole nitrogens is 1. The number of aliphatic imine (C=N–C) groups is 1. The molecule has 74 valence electrons. The van der Waals surface area contributed by atoms with Crippen molar-refractivity contribution in [1.29, 1.82) is 0 Å². The third-order valence-electron chi connectivity index (χ3n) is 1.65. The van der Waals surface area contributed by atoms with Gasteiger partial charge >= 0.3 is 0 Å². The maximum Gasteiger partial charge on any atom is 0.213 e. The van der Waals surface area contributed by atoms with Gasteiger partial charge in [0.15, 0.2) is 5.82 Å². The maximum absolute atomic E-state index is 10.3. The van der Waals surface area contributed by atoms with Crippen molar-refractivity contribution in [1.82, 2.24) is 15.1 Å². The minimum absolute atomic E-state index is 0.514. The van der Waals surface area contributed by atoms with E-state index in [1.807, 2.05) is 6.92 Å². The predicted molar refractivity (Wildman–Crippen MR) is 54.4 cm³/mol. The molecule has 1 aromatic heterocycles. The summed E-state index contributed by atoms with van der Waals surface area (Å²) in [6.07, 6.45) is 2.16. The molecule has 0 saturated carbocycles. The second kappa shape index (κ2) is 4.36. The lowest BCUT2D eigenvalue weighted by Crippen LogP contribution is -2.14. The number of carbonyl (C=O) groups excluding carboxylic acids is 1. The molecule has 0 aliphatic carbocycles. The molecule has 0 saturated heterocycles. The summed E-state index contributed by atoms with van der Waals surface area (Å²) in [7, 11) is 1.61. The van der Waals surface area contributed by atoms with E-state index in [0.717, 1.165) is 5.69 Å². The van der Waals surface area contributed by atoms with Gasteiger partial charge in [-0.15, -0.1) is 0 Å². The van der Waals surface area contributed by atoms with Crippen LogP contribution in [0.1, 0.15) is 5.69 Å². The Labute approximate surface area is 82.1 Å². The summed E-state index contributed by atoms with van der Waals surface area (Å²) in [6.45, 7) is 5.54. The summed E-state index contributed by atoms with van der Waals surface area (Å²) in [5, 5.41) is 6.66. The fourth-order valence-electron chi connectivity index (χ4n) is 0.769. The SMILES string of the molecule is C=C(C=Nc1cc(C)[nH]n1)N(C)C=O. The van der Waals surface area contributed by atoms with Gasteiger partial charge < -0.3 is 4.90 Å². The number of aromatic amines is 1. The van der Waals surface area contributed by atoms with E-state index in [1.54, 1.807) is 13.1 Å². The van der Waals surface area contributed by atoms with Gasteiger partial charge in [-0.1, -0.05) is 6.58 Å². The van der Waals surface area contributed by atoms with E-state index in [2.05, 4.69) is 21.8 Å². The Bertz CT molecular complexity index is 367. The Morgan fingerprint density at radius 2 is 2.50 bits per heavy atom. The molecule has 0 fully saturated rings. The lowest BCUT2D eigenvalue weighted by Gasteiger charge is -2.07. The van der Waals surface area contributed by atoms with E-state index < -0.39 is 0 Å². The van der Waals surface area contributed by atoms with Crippen molar-refractivity contribution in [2.45, 2.75) is 6.92 Å². The van der Waals surface area contributed by atoms with Gasteiger partial charge in [0, 0.05) is 18.8 Å². The fraction of sp³-hybridized carbons (Fsp3) is 0.222. The van der Waals surface area contributed by atoms with Gasteiger partial charge in [-0.3, -0.25) is 9.89 Å². The molecule has 0 radical (unpaired) electrons. The normalized spacial score (nSPS) is 10.4. The van der Waals surface area contributed by atoms with E-state index in [-0.39, 0.29) is 0 Å². The van der Waals surface area contributed by atoms with Crippen LogP contribution < -0.4 is 0 Å². The number of rotatable bonds is 4. The molecule has 14 heavy (non-hydrogen) atoms. The summed E-state index contributed by atoms with van der Waals surface area (Å²) in [5.74, 6) is 0.572. The number of nitrogens with zero attached hydrogens (tertiary/aromatic N) is 3. The van der Waals surface area contributed by atoms with Crippen molar-refractivity contribution in [3.63, 3.8) is 0 Å². The van der Waals surface area contributed by atoms with Crippen LogP contribution in [0, 0.1) is 6.92 Å². The molecule has 0 spiro atoms. The van der Waals surface area contributed by atoms with Crippen LogP contribution in [0.4, 0.5) is 5.82 Å². The van der Waals surface area contributed by atoms with Crippen LogP contribution in [0.3, 0.4) is 0 Å². The fourth-order valence-corrected chi connectivity index (χ4v) is 0.769. The number of hydrogen-bond acceptors (Lipinski definition) is 3. The Balaban J connectivity index is 2.64. The van der Waals surface area contributed by atoms with Crippen molar-refractivity contribution in [3.05, 3.63) is 24.0 Å². The van der Waals surface area contributed by atoms with Gasteiger partial charge in [-0.05, 0) is 6.92 Å². The molecule has 5 nitrogen and oxygen atoms in total. The van der Waals surface area contributed by atoms with Crippen molar-refractivity contribution < 1.29 is 4.79 Å². The molecule has 0 aromatic carbocycles. The van der Waals surface area contributed by atoms with E-state index in [0.29, 0.717) is 17.9 Å². The molecule has 1 amide bonds. The summed E-state index contributed by atoms with van der Waals surface area (Å²) in [6, 6.07) is 1.80. The lowest BCUT2D eigenvalue weighted by molar-refractivity contribution is -0.115. The van der Waals surface area contributed by atoms with E-state index in [1.165, 1.54) is 11.1 Å². The summed E-state index contributed by atoms with van der Waals surface area (Å²) < 4.78 is 0. The first-order valence-corrected chi connectivity index (χ1v) is 4.06. The average molecular weight is 192 g/mol. The van der Waals surface area contributed by atoms with Crippen LogP contribution >= 0.6 is 0 Å². The summed E-state index contributed by atoms with van der Waals surface area (Å²) in [4.78, 5) is 15.7. The molecule has 0 aliphatic rings. The zero-order valence-corrected chi connectivity index (χ0v) is 8.19. The summed E-state index contributed by atoms with van der Waals surface area (Å²) in [5.41, 5.74) is 1.45. The molecular weight excluding hydrogens is 180 g/mol. The number of aryl methyl sites for hydroxylation is 1. The number of aromatic nitrogens is 2. The van der Waals surface area contributed by atoms with Crippen molar-refractivity contribution >= 4 is 18.4 Å². The number of nitrogens with one attached hydrogen (secondary N) is 1. The average Bonchev–Trinajstić information content (AvgIpc) is 2.59. The number of hydrogen-bond donors (Lipinski definition) is 1. The number of allylic oxidation sites excluding steroid dienone is 1. The van der Waals surface area contributed by atoms with Gasteiger partial charge in [0.2, 0.25) is 6.41 Å². The molecule has 1 rings (SSSR count). The largest absolute Gasteiger partial charge is 0.317 e. The van der Waals surface area contributed by atoms with Crippen LogP contribution in [-0.4, -0.2) is 34.8 Å². The number of carbonyl (C=O) groups is 1. The maximum atomic E-state index is 10.3. The third-order valence-corrected chi connectivity index (χ3v) is 1.65. The van der Waals surface area contributed by atoms with Crippen molar-refractivity contribution in [2.75, 3.05) is 7.05 Å². The highest BCUT2D eigenvalue weighted by atomic mass is 16.1. The van der Waals surface area contributed by atoms with Crippen LogP contribution in [-0.2, 0) is 4.79 Å². The van der Waals surface area contributed by atoms with E-state index >= 15 is 0 Å². The highest BCUT2D eigenvalue weighted by Gasteiger charge is 1.97. The minimum atomic E-state index is 0.514. The Kier molecular flexibility index (Phi) is 3.17. The third kappa shape index (κ3) is 2.55. The number of amides is 1. The monoisotopic (exact) mass is 192 g/mol. The first-order chi connectivity index (χ1) is 6.63. The molecule has 0 aliphatic heterocycles. The van der Waals surface area contributed by atoms with E-state index in [9.17, 15) is 4.79 Å². The quantitative estimate of drug-likeness (QED) is 0.572. The first kappa shape index (κ1) is 10.2. The predicted octanol–water partition coefficient (Wildman–Crippen LogP) is 1.02. The van der Waals surface area contributed by atoms with Gasteiger partial charge in [0.05, 0.1) is 11.9 Å². The lowest BCUT2D eigenvalue weighted by atomic mass is 10.4. The molecule has 0 atom stereocenters. The standard InChI is InChI=1S/C9H12N4O/c1-7-4-9(12-11-7)10-5-8(2)13(3)6-14/h4-6H,2H2,1,3H3,(H,11,12). The van der Waals surface area contributed by atoms with Gasteiger partial charge in [-0.25, -0.2) is 4.99 Å². The highest BCUT2D eigenvalue weighted by molar-refractivity contribution is 5.82. The zero-order valence-electron chi connectivity index (χ0n) is 8.19. The van der Waals surface area contributed by atoms with E-state index in [4.69, 9.17) is 0 Å². The second-order valence-corrected chi connectivity index (χ2v) is 2.88. The van der Waals surface area contributed by atoms with Crippen LogP contribution in [0.15, 0.2) is 23.3 Å². The molecule has 0 bridgehead atoms. The molecule has 1 aromatic rings. The van der Waals surface area contributed by atoms with Crippen LogP contribution in [0.2, 0.25) is 0 Å². The highest BCUT2D eigenvalue weighted by Crippen LogP contribution is 2.07. The van der Waals surface area contributed by atoms with Gasteiger partial charge in [0.1, 0.15) is 0 Å². The van der Waals surface area contributed by atoms with Gasteiger partial charge in [0.25, 0.3) is 0 Å². The Morgan fingerprint density at radius 3 is 3.00 bits per heavy atom. The van der Waals surface area contributed by atoms with Gasteiger partial charge in [-0.2, -0.15) is 5.10 Å². The Hall–Kier alpha value is -1.91. The topological polar surface area (TPSA) is 61.4 Å². The second-order valence-electron chi connectivity index (χ2n) is 2.88. The summed E-state index contributed by atoms with van der Waals surface area (Å²) >= 11 is 0. The molecule has 0 unspecified atom stereocenters. The van der Waals surface area contributed by atoms with Crippen LogP contribution in [0.25, 0.3) is 0 Å². The van der Waals surface area contributed by atoms with Crippen molar-refractivity contribution in [3.8, 4) is 0 Å².